The molecule has 0 aliphatic heterocycles. The van der Waals surface area contributed by atoms with Crippen LogP contribution in [0.1, 0.15) is 45.2 Å². The summed E-state index contributed by atoms with van der Waals surface area (Å²) in [6.07, 6.45) is 2.22. The van der Waals surface area contributed by atoms with Crippen molar-refractivity contribution in [2.45, 2.75) is 47.5 Å². The van der Waals surface area contributed by atoms with Crippen molar-refractivity contribution in [2.75, 3.05) is 13.1 Å². The lowest BCUT2D eigenvalue weighted by molar-refractivity contribution is 0.231. The molecule has 1 rings (SSSR count). The maximum Gasteiger partial charge on any atom is 0.0440 e. The van der Waals surface area contributed by atoms with Crippen molar-refractivity contribution in [1.29, 1.82) is 0 Å². The summed E-state index contributed by atoms with van der Waals surface area (Å²) in [6.45, 7) is 13.4. The van der Waals surface area contributed by atoms with Crippen molar-refractivity contribution >= 4 is 11.6 Å². The Balaban J connectivity index is 2.76. The molecule has 108 valence electrons. The van der Waals surface area contributed by atoms with Gasteiger partial charge in [-0.05, 0) is 61.4 Å². The van der Waals surface area contributed by atoms with Gasteiger partial charge in [-0.25, -0.2) is 0 Å². The Hall–Kier alpha value is -0.530. The average Bonchev–Trinajstić information content (AvgIpc) is 2.29. The van der Waals surface area contributed by atoms with Crippen molar-refractivity contribution < 1.29 is 0 Å². The first-order valence-corrected chi connectivity index (χ1v) is 7.68. The zero-order valence-corrected chi connectivity index (χ0v) is 13.8. The molecule has 0 amide bonds. The monoisotopic (exact) mass is 281 g/mol. The first-order valence-electron chi connectivity index (χ1n) is 7.30. The highest BCUT2D eigenvalue weighted by Crippen LogP contribution is 2.31. The molecule has 1 N–H and O–H groups in total. The van der Waals surface area contributed by atoms with E-state index < -0.39 is 0 Å². The molecule has 0 saturated heterocycles. The van der Waals surface area contributed by atoms with E-state index in [0.29, 0.717) is 5.92 Å². The van der Waals surface area contributed by atoms with Crippen molar-refractivity contribution in [3.63, 3.8) is 0 Å². The maximum atomic E-state index is 6.36. The van der Waals surface area contributed by atoms with Gasteiger partial charge >= 0.3 is 0 Å². The van der Waals surface area contributed by atoms with E-state index in [0.717, 1.165) is 24.5 Å². The summed E-state index contributed by atoms with van der Waals surface area (Å²) in [6, 6.07) is 6.40. The normalized spacial score (nSPS) is 13.6. The van der Waals surface area contributed by atoms with Crippen molar-refractivity contribution in [3.05, 3.63) is 34.3 Å². The lowest BCUT2D eigenvalue weighted by atomic mass is 9.77. The number of rotatable bonds is 6. The van der Waals surface area contributed by atoms with Gasteiger partial charge in [0.1, 0.15) is 0 Å². The minimum Gasteiger partial charge on any atom is -0.316 e. The molecule has 1 unspecified atom stereocenters. The van der Waals surface area contributed by atoms with Crippen molar-refractivity contribution in [1.82, 2.24) is 5.32 Å². The Morgan fingerprint density at radius 1 is 1.26 bits per heavy atom. The Labute approximate surface area is 123 Å². The van der Waals surface area contributed by atoms with Crippen LogP contribution in [0.4, 0.5) is 0 Å². The molecule has 0 spiro atoms. The molecule has 0 aromatic heterocycles. The largest absolute Gasteiger partial charge is 0.316 e. The molecular formula is C17H28ClN. The predicted molar refractivity (Wildman–Crippen MR) is 86.0 cm³/mol. The van der Waals surface area contributed by atoms with Gasteiger partial charge in [0.25, 0.3) is 0 Å². The van der Waals surface area contributed by atoms with Gasteiger partial charge in [0, 0.05) is 5.02 Å². The number of benzene rings is 1. The second-order valence-corrected chi connectivity index (χ2v) is 6.97. The summed E-state index contributed by atoms with van der Waals surface area (Å²) in [5, 5.41) is 4.46. The van der Waals surface area contributed by atoms with Gasteiger partial charge in [0.2, 0.25) is 0 Å². The van der Waals surface area contributed by atoms with E-state index in [2.05, 4.69) is 58.1 Å². The average molecular weight is 282 g/mol. The lowest BCUT2D eigenvalue weighted by Crippen LogP contribution is -2.33. The highest BCUT2D eigenvalue weighted by molar-refractivity contribution is 6.31. The Bertz CT molecular complexity index is 393. The zero-order valence-electron chi connectivity index (χ0n) is 13.0. The molecule has 0 saturated carbocycles. The SMILES string of the molecule is CCCNCC(Cc1ccc(C)cc1Cl)C(C)(C)C. The van der Waals surface area contributed by atoms with Crippen LogP contribution in [-0.2, 0) is 6.42 Å². The predicted octanol–water partition coefficient (Wildman–Crippen LogP) is 4.85. The second kappa shape index (κ2) is 7.31. The fourth-order valence-corrected chi connectivity index (χ4v) is 2.53. The molecule has 0 bridgehead atoms. The maximum absolute atomic E-state index is 6.36. The second-order valence-electron chi connectivity index (χ2n) is 6.57. The molecular weight excluding hydrogens is 254 g/mol. The van der Waals surface area contributed by atoms with Crippen LogP contribution in [-0.4, -0.2) is 13.1 Å². The highest BCUT2D eigenvalue weighted by Gasteiger charge is 2.25. The van der Waals surface area contributed by atoms with Gasteiger partial charge in [-0.15, -0.1) is 0 Å². The van der Waals surface area contributed by atoms with Crippen LogP contribution in [0.25, 0.3) is 0 Å². The quantitative estimate of drug-likeness (QED) is 0.735. The van der Waals surface area contributed by atoms with E-state index in [-0.39, 0.29) is 5.41 Å². The molecule has 1 aromatic carbocycles. The third-order valence-electron chi connectivity index (χ3n) is 3.72. The van der Waals surface area contributed by atoms with Crippen LogP contribution in [0, 0.1) is 18.3 Å². The zero-order chi connectivity index (χ0) is 14.5. The summed E-state index contributed by atoms with van der Waals surface area (Å²) >= 11 is 6.36. The molecule has 0 aliphatic carbocycles. The molecule has 2 heteroatoms. The highest BCUT2D eigenvalue weighted by atomic mass is 35.5. The van der Waals surface area contributed by atoms with Gasteiger partial charge in [-0.2, -0.15) is 0 Å². The van der Waals surface area contributed by atoms with Crippen molar-refractivity contribution in [2.24, 2.45) is 11.3 Å². The summed E-state index contributed by atoms with van der Waals surface area (Å²) in [5.41, 5.74) is 2.78. The van der Waals surface area contributed by atoms with Crippen LogP contribution >= 0.6 is 11.6 Å². The number of halogens is 1. The molecule has 1 nitrogen and oxygen atoms in total. The molecule has 0 heterocycles. The summed E-state index contributed by atoms with van der Waals surface area (Å²) in [7, 11) is 0. The van der Waals surface area contributed by atoms with E-state index in [1.165, 1.54) is 17.5 Å². The van der Waals surface area contributed by atoms with Gasteiger partial charge in [0.05, 0.1) is 0 Å². The Morgan fingerprint density at radius 3 is 2.47 bits per heavy atom. The topological polar surface area (TPSA) is 12.0 Å². The number of hydrogen-bond acceptors (Lipinski definition) is 1. The fourth-order valence-electron chi connectivity index (χ4n) is 2.22. The van der Waals surface area contributed by atoms with Crippen LogP contribution < -0.4 is 5.32 Å². The summed E-state index contributed by atoms with van der Waals surface area (Å²) in [5.74, 6) is 0.597. The van der Waals surface area contributed by atoms with Crippen LogP contribution in [0.3, 0.4) is 0 Å². The van der Waals surface area contributed by atoms with Crippen LogP contribution in [0.5, 0.6) is 0 Å². The van der Waals surface area contributed by atoms with Gasteiger partial charge in [0.15, 0.2) is 0 Å². The van der Waals surface area contributed by atoms with Crippen LogP contribution in [0.2, 0.25) is 5.02 Å². The standard InChI is InChI=1S/C17H28ClN/c1-6-9-19-12-15(17(3,4)5)11-14-8-7-13(2)10-16(14)18/h7-8,10,15,19H,6,9,11-12H2,1-5H3. The molecule has 0 fully saturated rings. The molecule has 0 aliphatic rings. The van der Waals surface area contributed by atoms with E-state index in [1.807, 2.05) is 0 Å². The molecule has 1 atom stereocenters. The smallest absolute Gasteiger partial charge is 0.0440 e. The summed E-state index contributed by atoms with van der Waals surface area (Å²) in [4.78, 5) is 0. The Morgan fingerprint density at radius 2 is 1.95 bits per heavy atom. The first kappa shape index (κ1) is 16.5. The summed E-state index contributed by atoms with van der Waals surface area (Å²) < 4.78 is 0. The third-order valence-corrected chi connectivity index (χ3v) is 4.07. The van der Waals surface area contributed by atoms with Crippen molar-refractivity contribution in [3.8, 4) is 0 Å². The number of aryl methyl sites for hydroxylation is 1. The van der Waals surface area contributed by atoms with E-state index in [1.54, 1.807) is 0 Å². The number of hydrogen-bond donors (Lipinski definition) is 1. The third kappa shape index (κ3) is 5.54. The van der Waals surface area contributed by atoms with E-state index in [9.17, 15) is 0 Å². The van der Waals surface area contributed by atoms with E-state index >= 15 is 0 Å². The Kier molecular flexibility index (Phi) is 6.35. The minimum atomic E-state index is 0.287. The van der Waals surface area contributed by atoms with Gasteiger partial charge in [-0.1, -0.05) is 51.4 Å². The minimum absolute atomic E-state index is 0.287. The molecule has 0 radical (unpaired) electrons. The lowest BCUT2D eigenvalue weighted by Gasteiger charge is -2.31. The van der Waals surface area contributed by atoms with E-state index in [4.69, 9.17) is 11.6 Å². The first-order chi connectivity index (χ1) is 8.84. The number of nitrogens with one attached hydrogen (secondary N) is 1. The van der Waals surface area contributed by atoms with Gasteiger partial charge in [-0.3, -0.25) is 0 Å². The molecule has 1 aromatic rings. The molecule has 19 heavy (non-hydrogen) atoms. The van der Waals surface area contributed by atoms with Gasteiger partial charge < -0.3 is 5.32 Å². The van der Waals surface area contributed by atoms with Crippen LogP contribution in [0.15, 0.2) is 18.2 Å². The fraction of sp³-hybridized carbons (Fsp3) is 0.647.